The molecule has 1 heterocycles. The highest BCUT2D eigenvalue weighted by Crippen LogP contribution is 2.37. The standard InChI is InChI=1S/C11H6Cl3NO/c12-7-2-9(13)11(10(14)3-7)6-1-8(16)5-15-4-6/h1-5,16H. The van der Waals surface area contributed by atoms with Crippen molar-refractivity contribution in [3.05, 3.63) is 45.7 Å². The molecule has 2 nitrogen and oxygen atoms in total. The maximum Gasteiger partial charge on any atom is 0.134 e. The molecular weight excluding hydrogens is 268 g/mol. The van der Waals surface area contributed by atoms with E-state index in [1.54, 1.807) is 18.3 Å². The van der Waals surface area contributed by atoms with Crippen molar-refractivity contribution in [2.75, 3.05) is 0 Å². The molecule has 0 fully saturated rings. The molecule has 0 atom stereocenters. The quantitative estimate of drug-likeness (QED) is 0.835. The number of halogens is 3. The summed E-state index contributed by atoms with van der Waals surface area (Å²) in [5, 5.41) is 10.6. The van der Waals surface area contributed by atoms with Crippen LogP contribution in [0.4, 0.5) is 0 Å². The average Bonchev–Trinajstić information content (AvgIpc) is 2.15. The van der Waals surface area contributed by atoms with Crippen molar-refractivity contribution in [3.8, 4) is 16.9 Å². The van der Waals surface area contributed by atoms with Crippen molar-refractivity contribution in [3.63, 3.8) is 0 Å². The summed E-state index contributed by atoms with van der Waals surface area (Å²) in [7, 11) is 0. The lowest BCUT2D eigenvalue weighted by Crippen LogP contribution is -1.84. The third-order valence-electron chi connectivity index (χ3n) is 2.02. The van der Waals surface area contributed by atoms with Crippen molar-refractivity contribution in [1.29, 1.82) is 0 Å². The Bertz CT molecular complexity index is 519. The van der Waals surface area contributed by atoms with E-state index >= 15 is 0 Å². The van der Waals surface area contributed by atoms with Crippen LogP contribution in [0.1, 0.15) is 0 Å². The van der Waals surface area contributed by atoms with E-state index in [2.05, 4.69) is 4.98 Å². The van der Waals surface area contributed by atoms with Gasteiger partial charge in [0.15, 0.2) is 0 Å². The van der Waals surface area contributed by atoms with Crippen LogP contribution in [0.5, 0.6) is 5.75 Å². The Hall–Kier alpha value is -0.960. The Balaban J connectivity index is 2.64. The summed E-state index contributed by atoms with van der Waals surface area (Å²) in [5.74, 6) is 0.0552. The number of aromatic nitrogens is 1. The molecule has 2 aromatic rings. The van der Waals surface area contributed by atoms with Gasteiger partial charge in [-0.3, -0.25) is 4.98 Å². The second-order valence-electron chi connectivity index (χ2n) is 3.18. The number of rotatable bonds is 1. The van der Waals surface area contributed by atoms with Crippen molar-refractivity contribution in [1.82, 2.24) is 4.98 Å². The van der Waals surface area contributed by atoms with Gasteiger partial charge in [-0.1, -0.05) is 34.8 Å². The molecule has 0 saturated heterocycles. The minimum atomic E-state index is 0.0552. The minimum Gasteiger partial charge on any atom is -0.506 e. The normalized spacial score (nSPS) is 10.4. The van der Waals surface area contributed by atoms with Crippen LogP contribution < -0.4 is 0 Å². The van der Waals surface area contributed by atoms with E-state index in [1.165, 1.54) is 12.3 Å². The number of aromatic hydroxyl groups is 1. The highest BCUT2D eigenvalue weighted by atomic mass is 35.5. The van der Waals surface area contributed by atoms with Crippen molar-refractivity contribution >= 4 is 34.8 Å². The Morgan fingerprint density at radius 1 is 0.938 bits per heavy atom. The van der Waals surface area contributed by atoms with Gasteiger partial charge in [0.05, 0.1) is 16.2 Å². The zero-order valence-electron chi connectivity index (χ0n) is 7.92. The highest BCUT2D eigenvalue weighted by molar-refractivity contribution is 6.41. The van der Waals surface area contributed by atoms with Crippen molar-refractivity contribution in [2.24, 2.45) is 0 Å². The van der Waals surface area contributed by atoms with Crippen molar-refractivity contribution in [2.45, 2.75) is 0 Å². The molecule has 0 aliphatic rings. The molecule has 0 spiro atoms. The maximum atomic E-state index is 9.34. The van der Waals surface area contributed by atoms with E-state index in [-0.39, 0.29) is 5.75 Å². The van der Waals surface area contributed by atoms with Gasteiger partial charge in [-0.2, -0.15) is 0 Å². The summed E-state index contributed by atoms with van der Waals surface area (Å²) in [6, 6.07) is 4.72. The van der Waals surface area contributed by atoms with Gasteiger partial charge in [0, 0.05) is 22.3 Å². The van der Waals surface area contributed by atoms with E-state index in [4.69, 9.17) is 34.8 Å². The van der Waals surface area contributed by atoms with Crippen LogP contribution in [0.2, 0.25) is 15.1 Å². The highest BCUT2D eigenvalue weighted by Gasteiger charge is 2.10. The zero-order chi connectivity index (χ0) is 11.7. The largest absolute Gasteiger partial charge is 0.506 e. The summed E-state index contributed by atoms with van der Waals surface area (Å²) in [6.45, 7) is 0. The van der Waals surface area contributed by atoms with E-state index in [0.717, 1.165) is 0 Å². The molecule has 0 unspecified atom stereocenters. The Labute approximate surface area is 107 Å². The van der Waals surface area contributed by atoms with Crippen LogP contribution in [-0.2, 0) is 0 Å². The van der Waals surface area contributed by atoms with Crippen LogP contribution in [-0.4, -0.2) is 10.1 Å². The maximum absolute atomic E-state index is 9.34. The molecular formula is C11H6Cl3NO. The van der Waals surface area contributed by atoms with Crippen LogP contribution in [0.3, 0.4) is 0 Å². The minimum absolute atomic E-state index is 0.0552. The summed E-state index contributed by atoms with van der Waals surface area (Å²) in [6.07, 6.45) is 2.90. The zero-order valence-corrected chi connectivity index (χ0v) is 10.2. The van der Waals surface area contributed by atoms with Crippen LogP contribution in [0.25, 0.3) is 11.1 Å². The van der Waals surface area contributed by atoms with E-state index < -0.39 is 0 Å². The molecule has 0 aliphatic heterocycles. The summed E-state index contributed by atoms with van der Waals surface area (Å²) in [4.78, 5) is 3.86. The second-order valence-corrected chi connectivity index (χ2v) is 4.43. The number of pyridine rings is 1. The van der Waals surface area contributed by atoms with Gasteiger partial charge in [-0.25, -0.2) is 0 Å². The van der Waals surface area contributed by atoms with Crippen LogP contribution in [0.15, 0.2) is 30.6 Å². The van der Waals surface area contributed by atoms with Gasteiger partial charge < -0.3 is 5.11 Å². The van der Waals surface area contributed by atoms with Crippen LogP contribution >= 0.6 is 34.8 Å². The third-order valence-corrected chi connectivity index (χ3v) is 2.83. The molecule has 82 valence electrons. The first kappa shape index (κ1) is 11.5. The Morgan fingerprint density at radius 3 is 2.12 bits per heavy atom. The van der Waals surface area contributed by atoms with Crippen LogP contribution in [0, 0.1) is 0 Å². The van der Waals surface area contributed by atoms with Crippen molar-refractivity contribution < 1.29 is 5.11 Å². The van der Waals surface area contributed by atoms with Gasteiger partial charge in [-0.05, 0) is 18.2 Å². The third kappa shape index (κ3) is 2.24. The van der Waals surface area contributed by atoms with Gasteiger partial charge >= 0.3 is 0 Å². The molecule has 2 rings (SSSR count). The fraction of sp³-hybridized carbons (Fsp3) is 0. The fourth-order valence-corrected chi connectivity index (χ4v) is 2.42. The lowest BCUT2D eigenvalue weighted by atomic mass is 10.1. The fourth-order valence-electron chi connectivity index (χ4n) is 1.38. The second kappa shape index (κ2) is 4.50. The number of nitrogens with zero attached hydrogens (tertiary/aromatic N) is 1. The first-order valence-electron chi connectivity index (χ1n) is 4.37. The number of hydrogen-bond acceptors (Lipinski definition) is 2. The number of hydrogen-bond donors (Lipinski definition) is 1. The predicted molar refractivity (Wildman–Crippen MR) is 66.4 cm³/mol. The average molecular weight is 275 g/mol. The summed E-state index contributed by atoms with van der Waals surface area (Å²) >= 11 is 17.9. The van der Waals surface area contributed by atoms with Gasteiger partial charge in [0.2, 0.25) is 0 Å². The molecule has 1 aromatic carbocycles. The lowest BCUT2D eigenvalue weighted by Gasteiger charge is -2.07. The first-order valence-corrected chi connectivity index (χ1v) is 5.50. The Kier molecular flexibility index (Phi) is 3.24. The predicted octanol–water partition coefficient (Wildman–Crippen LogP) is 4.41. The molecule has 0 bridgehead atoms. The SMILES string of the molecule is Oc1cncc(-c2c(Cl)cc(Cl)cc2Cl)c1. The topological polar surface area (TPSA) is 33.1 Å². The van der Waals surface area contributed by atoms with Gasteiger partial charge in [0.1, 0.15) is 5.75 Å². The molecule has 0 amide bonds. The van der Waals surface area contributed by atoms with E-state index in [0.29, 0.717) is 26.2 Å². The molecule has 16 heavy (non-hydrogen) atoms. The number of benzene rings is 1. The smallest absolute Gasteiger partial charge is 0.134 e. The lowest BCUT2D eigenvalue weighted by molar-refractivity contribution is 0.473. The molecule has 5 heteroatoms. The Morgan fingerprint density at radius 2 is 1.56 bits per heavy atom. The summed E-state index contributed by atoms with van der Waals surface area (Å²) in [5.41, 5.74) is 1.25. The summed E-state index contributed by atoms with van der Waals surface area (Å²) < 4.78 is 0. The molecule has 1 N–H and O–H groups in total. The molecule has 0 radical (unpaired) electrons. The van der Waals surface area contributed by atoms with Gasteiger partial charge in [0.25, 0.3) is 0 Å². The molecule has 1 aromatic heterocycles. The molecule has 0 saturated carbocycles. The van der Waals surface area contributed by atoms with Gasteiger partial charge in [-0.15, -0.1) is 0 Å². The molecule has 0 aliphatic carbocycles. The first-order chi connectivity index (χ1) is 7.58. The van der Waals surface area contributed by atoms with E-state index in [1.807, 2.05) is 0 Å². The monoisotopic (exact) mass is 273 g/mol. The van der Waals surface area contributed by atoms with E-state index in [9.17, 15) is 5.11 Å².